The Morgan fingerprint density at radius 1 is 0.738 bits per heavy atom. The maximum Gasteiger partial charge on any atom is 0.246 e. The normalized spacial score (nSPS) is 26.6. The number of nitrogens with one attached hydrogen (secondary N) is 7. The van der Waals surface area contributed by atoms with Gasteiger partial charge in [0, 0.05) is 18.1 Å². The van der Waals surface area contributed by atoms with Crippen LogP contribution in [0.1, 0.15) is 84.5 Å². The summed E-state index contributed by atoms with van der Waals surface area (Å²) in [4.78, 5) is 147. The third kappa shape index (κ3) is 17.3. The lowest BCUT2D eigenvalue weighted by Crippen LogP contribution is -2.62. The van der Waals surface area contributed by atoms with Crippen LogP contribution in [0.2, 0.25) is 0 Å². The molecule has 0 spiro atoms. The Hall–Kier alpha value is -5.21. The first-order valence-electron chi connectivity index (χ1n) is 21.7. The van der Waals surface area contributed by atoms with Crippen LogP contribution in [-0.2, 0) is 52.7 Å². The number of carbonyl (C=O) groups excluding carboxylic acids is 11. The van der Waals surface area contributed by atoms with Crippen LogP contribution < -0.4 is 65.9 Å². The van der Waals surface area contributed by atoms with Crippen molar-refractivity contribution in [2.75, 3.05) is 31.1 Å². The summed E-state index contributed by atoms with van der Waals surface area (Å²) >= 11 is 0. The highest BCUT2D eigenvalue weighted by molar-refractivity contribution is 8.76. The maximum atomic E-state index is 14.4. The summed E-state index contributed by atoms with van der Waals surface area (Å²) in [5.41, 5.74) is 28.0. The number of primary amides is 3. The first kappa shape index (κ1) is 54.1. The molecule has 1 aliphatic carbocycles. The van der Waals surface area contributed by atoms with Crippen molar-refractivity contribution in [2.45, 2.75) is 133 Å². The fourth-order valence-electron chi connectivity index (χ4n) is 7.66. The molecule has 0 aromatic rings. The second-order valence-electron chi connectivity index (χ2n) is 16.5. The van der Waals surface area contributed by atoms with Crippen molar-refractivity contribution in [1.29, 1.82) is 0 Å². The zero-order chi connectivity index (χ0) is 48.4. The molecule has 3 rings (SSSR count). The van der Waals surface area contributed by atoms with Crippen LogP contribution in [0.15, 0.2) is 0 Å². The Bertz CT molecular complexity index is 1770. The van der Waals surface area contributed by atoms with Crippen molar-refractivity contribution in [1.82, 2.24) is 42.1 Å². The number of hydrogen-bond donors (Lipinski definition) is 12. The van der Waals surface area contributed by atoms with E-state index in [1.165, 1.54) is 4.90 Å². The smallest absolute Gasteiger partial charge is 0.246 e. The molecule has 26 heteroatoms. The number of amides is 11. The van der Waals surface area contributed by atoms with E-state index in [2.05, 4.69) is 37.2 Å². The fraction of sp³-hybridized carbons (Fsp3) is 0.718. The van der Waals surface area contributed by atoms with E-state index in [9.17, 15) is 52.7 Å². The van der Waals surface area contributed by atoms with Crippen molar-refractivity contribution in [2.24, 2.45) is 40.5 Å². The molecule has 1 saturated carbocycles. The third-order valence-corrected chi connectivity index (χ3v) is 13.9. The molecule has 11 amide bonds. The van der Waals surface area contributed by atoms with Crippen LogP contribution in [0.4, 0.5) is 0 Å². The fourth-order valence-corrected chi connectivity index (χ4v) is 9.94. The van der Waals surface area contributed by atoms with Gasteiger partial charge in [0.2, 0.25) is 65.0 Å². The van der Waals surface area contributed by atoms with Gasteiger partial charge in [0.05, 0.1) is 25.4 Å². The van der Waals surface area contributed by atoms with E-state index >= 15 is 0 Å². The number of carbonyl (C=O) groups is 11. The molecule has 364 valence electrons. The Labute approximate surface area is 384 Å². The van der Waals surface area contributed by atoms with E-state index in [1.54, 1.807) is 13.8 Å². The number of nitrogens with zero attached hydrogens (tertiary/aromatic N) is 1. The molecule has 2 aliphatic heterocycles. The highest BCUT2D eigenvalue weighted by Gasteiger charge is 2.41. The molecular formula is C39H65N13O11S2. The Kier molecular flexibility index (Phi) is 22.2. The van der Waals surface area contributed by atoms with Crippen LogP contribution in [0, 0.1) is 11.8 Å². The van der Waals surface area contributed by atoms with E-state index < -0.39 is 139 Å². The molecule has 2 saturated heterocycles. The summed E-state index contributed by atoms with van der Waals surface area (Å²) < 4.78 is 0. The largest absolute Gasteiger partial charge is 0.370 e. The summed E-state index contributed by atoms with van der Waals surface area (Å²) in [5.74, 6) is -10.2. The van der Waals surface area contributed by atoms with E-state index in [-0.39, 0.29) is 49.8 Å². The molecule has 17 N–H and O–H groups in total. The predicted octanol–water partition coefficient (Wildman–Crippen LogP) is -5.06. The molecule has 24 nitrogen and oxygen atoms in total. The van der Waals surface area contributed by atoms with Crippen LogP contribution >= 0.6 is 21.6 Å². The van der Waals surface area contributed by atoms with Gasteiger partial charge in [-0.1, -0.05) is 67.5 Å². The standard InChI is InChI=1S/C39H65N13O11S2/c1-3-19(2)31-38(62)49-25(15-29(43)54)34(58)48-24(14-28(42)53)35(59)50-26(18-65-64-17-21(41)32(56)47-23(36(60)51-31)13-20-7-4-5-8-20)39(63)52-12-6-9-27(52)37(61)46-22(10-11-40)33(57)45-16-30(44)55/h19-27,31H,3-18,40-41H2,1-2H3,(H2,42,53)(H2,43,54)(H2,44,55)(H,45,57)(H,46,61)(H,47,56)(H,48,58)(H,49,62)(H,50,59)(H,51,60)/t19-,21-,22-,23-,24-,25-,26-,27-,31-/m0/s1. The van der Waals surface area contributed by atoms with Gasteiger partial charge in [-0.25, -0.2) is 0 Å². The van der Waals surface area contributed by atoms with Crippen LogP contribution in [0.25, 0.3) is 0 Å². The number of likely N-dealkylation sites (tertiary alicyclic amines) is 1. The molecule has 3 fully saturated rings. The van der Waals surface area contributed by atoms with E-state index in [0.29, 0.717) is 12.8 Å². The molecule has 9 atom stereocenters. The Morgan fingerprint density at radius 2 is 1.31 bits per heavy atom. The molecular weight excluding hydrogens is 891 g/mol. The third-order valence-electron chi connectivity index (χ3n) is 11.4. The zero-order valence-electron chi connectivity index (χ0n) is 36.7. The molecule has 0 aromatic carbocycles. The average Bonchev–Trinajstić information content (AvgIpc) is 3.96. The molecule has 3 aliphatic rings. The summed E-state index contributed by atoms with van der Waals surface area (Å²) in [6, 6.07) is -10.8. The van der Waals surface area contributed by atoms with E-state index in [4.69, 9.17) is 28.7 Å². The highest BCUT2D eigenvalue weighted by Crippen LogP contribution is 2.29. The van der Waals surface area contributed by atoms with Crippen LogP contribution in [0.5, 0.6) is 0 Å². The van der Waals surface area contributed by atoms with Crippen molar-refractivity contribution < 1.29 is 52.7 Å². The van der Waals surface area contributed by atoms with E-state index in [1.807, 2.05) is 0 Å². The Morgan fingerprint density at radius 3 is 1.89 bits per heavy atom. The Balaban J connectivity index is 2.00. The molecule has 0 bridgehead atoms. The molecule has 65 heavy (non-hydrogen) atoms. The van der Waals surface area contributed by atoms with Gasteiger partial charge in [0.1, 0.15) is 42.3 Å². The number of nitrogens with two attached hydrogens (primary N) is 5. The summed E-state index contributed by atoms with van der Waals surface area (Å²) in [6.45, 7) is 2.97. The molecule has 0 radical (unpaired) electrons. The van der Waals surface area contributed by atoms with Crippen molar-refractivity contribution in [3.05, 3.63) is 0 Å². The lowest BCUT2D eigenvalue weighted by atomic mass is 9.94. The van der Waals surface area contributed by atoms with Gasteiger partial charge in [-0.15, -0.1) is 0 Å². The van der Waals surface area contributed by atoms with Crippen molar-refractivity contribution in [3.63, 3.8) is 0 Å². The second kappa shape index (κ2) is 26.7. The minimum absolute atomic E-state index is 0.0204. The zero-order valence-corrected chi connectivity index (χ0v) is 38.4. The highest BCUT2D eigenvalue weighted by atomic mass is 33.1. The average molecular weight is 956 g/mol. The van der Waals surface area contributed by atoms with Gasteiger partial charge in [-0.3, -0.25) is 52.7 Å². The summed E-state index contributed by atoms with van der Waals surface area (Å²) in [7, 11) is 2.10. The monoisotopic (exact) mass is 955 g/mol. The van der Waals surface area contributed by atoms with Gasteiger partial charge in [-0.2, -0.15) is 0 Å². The number of hydrogen-bond acceptors (Lipinski definition) is 15. The van der Waals surface area contributed by atoms with Crippen molar-refractivity contribution in [3.8, 4) is 0 Å². The molecule has 0 aromatic heterocycles. The van der Waals surface area contributed by atoms with Crippen LogP contribution in [-0.4, -0.2) is 149 Å². The summed E-state index contributed by atoms with van der Waals surface area (Å²) in [5, 5.41) is 17.6. The molecule has 0 unspecified atom stereocenters. The van der Waals surface area contributed by atoms with Gasteiger partial charge in [0.25, 0.3) is 0 Å². The van der Waals surface area contributed by atoms with Gasteiger partial charge < -0.3 is 70.8 Å². The number of rotatable bonds is 16. The molecule has 2 heterocycles. The lowest BCUT2D eigenvalue weighted by molar-refractivity contribution is -0.142. The van der Waals surface area contributed by atoms with Crippen LogP contribution in [0.3, 0.4) is 0 Å². The minimum Gasteiger partial charge on any atom is -0.370 e. The SMILES string of the molecule is CC[C@H](C)[C@@H]1NC(=O)[C@H](CC2CCCC2)NC(=O)[C@@H](N)CSSC[C@@H](C(=O)N2CCC[C@H]2C(=O)N[C@@H](CCN)C(=O)NCC(N)=O)NC(=O)[C@H](CC(N)=O)NC(=O)[C@H](CC(N)=O)NC1=O. The maximum absolute atomic E-state index is 14.4. The van der Waals surface area contributed by atoms with Gasteiger partial charge in [0.15, 0.2) is 0 Å². The van der Waals surface area contributed by atoms with Crippen molar-refractivity contribution >= 4 is 86.6 Å². The minimum atomic E-state index is -1.77. The van der Waals surface area contributed by atoms with E-state index in [0.717, 1.165) is 47.3 Å². The second-order valence-corrected chi connectivity index (χ2v) is 19.1. The van der Waals surface area contributed by atoms with Gasteiger partial charge >= 0.3 is 0 Å². The summed E-state index contributed by atoms with van der Waals surface area (Å²) in [6.07, 6.45) is 3.12. The first-order chi connectivity index (χ1) is 30.7. The van der Waals surface area contributed by atoms with Gasteiger partial charge in [-0.05, 0) is 44.1 Å². The first-order valence-corrected chi connectivity index (χ1v) is 24.2. The predicted molar refractivity (Wildman–Crippen MR) is 239 cm³/mol. The topological polar surface area (TPSA) is 405 Å². The lowest BCUT2D eigenvalue weighted by Gasteiger charge is -2.31. The quantitative estimate of drug-likeness (QED) is 0.0645.